The molecule has 9 atom stereocenters. The highest BCUT2D eigenvalue weighted by molar-refractivity contribution is 5.99. The summed E-state index contributed by atoms with van der Waals surface area (Å²) in [5.41, 5.74) is 12.8. The van der Waals surface area contributed by atoms with E-state index in [0.29, 0.717) is 12.8 Å². The van der Waals surface area contributed by atoms with Crippen molar-refractivity contribution in [1.29, 1.82) is 0 Å². The number of benzene rings is 2. The van der Waals surface area contributed by atoms with E-state index in [2.05, 4.69) is 42.5 Å². The number of aliphatic hydroxyl groups excluding tert-OH is 3. The Labute approximate surface area is 386 Å². The highest BCUT2D eigenvalue weighted by Gasteiger charge is 2.33. The van der Waals surface area contributed by atoms with Crippen LogP contribution in [-0.2, 0) is 43.2 Å². The molecule has 2 rings (SSSR count). The van der Waals surface area contributed by atoms with Crippen LogP contribution in [-0.4, -0.2) is 154 Å². The monoisotopic (exact) mass is 942 g/mol. The summed E-state index contributed by atoms with van der Waals surface area (Å²) in [6.45, 7) is 3.37. The Morgan fingerprint density at radius 1 is 0.537 bits per heavy atom. The molecule has 0 aromatic heterocycles. The first-order valence-electron chi connectivity index (χ1n) is 21.3. The first kappa shape index (κ1) is 56.1. The predicted octanol–water partition coefficient (Wildman–Crippen LogP) is -4.25. The van der Waals surface area contributed by atoms with Gasteiger partial charge >= 0.3 is 5.97 Å². The molecule has 2 aromatic carbocycles. The van der Waals surface area contributed by atoms with Crippen LogP contribution in [0.25, 0.3) is 11.1 Å². The molecule has 24 heteroatoms. The van der Waals surface area contributed by atoms with Crippen LogP contribution in [0, 0.1) is 0 Å². The van der Waals surface area contributed by atoms with Gasteiger partial charge in [0.05, 0.1) is 31.4 Å². The van der Waals surface area contributed by atoms with Crippen molar-refractivity contribution < 1.29 is 68.4 Å². The van der Waals surface area contributed by atoms with Gasteiger partial charge in [-0.15, -0.1) is 0 Å². The maximum absolute atomic E-state index is 13.4. The molecule has 0 saturated heterocycles. The molecule has 2 aromatic rings. The molecule has 67 heavy (non-hydrogen) atoms. The summed E-state index contributed by atoms with van der Waals surface area (Å²) in [4.78, 5) is 127. The fourth-order valence-corrected chi connectivity index (χ4v) is 6.14. The van der Waals surface area contributed by atoms with E-state index >= 15 is 0 Å². The number of carbonyl (C=O) groups is 10. The quantitative estimate of drug-likeness (QED) is 0.0360. The van der Waals surface area contributed by atoms with Crippen LogP contribution in [0.1, 0.15) is 70.2 Å². The van der Waals surface area contributed by atoms with E-state index in [-0.39, 0.29) is 24.9 Å². The smallest absolute Gasteiger partial charge is 0.328 e. The Morgan fingerprint density at radius 2 is 1.01 bits per heavy atom. The van der Waals surface area contributed by atoms with E-state index in [0.717, 1.165) is 31.9 Å². The summed E-state index contributed by atoms with van der Waals surface area (Å²) in [5, 5.41) is 57.9. The number of nitrogens with one attached hydrogen (secondary N) is 8. The Morgan fingerprint density at radius 3 is 1.51 bits per heavy atom. The lowest BCUT2D eigenvalue weighted by Gasteiger charge is -2.26. The van der Waals surface area contributed by atoms with Gasteiger partial charge in [0.2, 0.25) is 47.3 Å². The molecule has 0 spiro atoms. The number of nitrogens with two attached hydrogens (primary N) is 2. The summed E-state index contributed by atoms with van der Waals surface area (Å²) < 4.78 is 0. The number of aliphatic carboxylic acids is 1. The van der Waals surface area contributed by atoms with Gasteiger partial charge in [-0.1, -0.05) is 42.5 Å². The van der Waals surface area contributed by atoms with Crippen LogP contribution < -0.4 is 54.0 Å². The molecule has 16 N–H and O–H groups in total. The Hall–Kier alpha value is -7.02. The summed E-state index contributed by atoms with van der Waals surface area (Å²) in [5.74, 6) is -9.92. The summed E-state index contributed by atoms with van der Waals surface area (Å²) >= 11 is 0. The summed E-state index contributed by atoms with van der Waals surface area (Å²) in [7, 11) is 0. The number of carbonyl (C=O) groups excluding carboxylic acids is 9. The fourth-order valence-electron chi connectivity index (χ4n) is 6.14. The topological polar surface area (TPSA) is 400 Å². The number of hydrogen-bond donors (Lipinski definition) is 14. The first-order valence-corrected chi connectivity index (χ1v) is 21.3. The molecule has 0 unspecified atom stereocenters. The van der Waals surface area contributed by atoms with Crippen molar-refractivity contribution in [2.75, 3.05) is 19.6 Å². The molecule has 24 nitrogen and oxygen atoms in total. The average molecular weight is 943 g/mol. The van der Waals surface area contributed by atoms with E-state index in [1.54, 1.807) is 24.3 Å². The minimum absolute atomic E-state index is 0.0198. The second-order valence-electron chi connectivity index (χ2n) is 15.6. The van der Waals surface area contributed by atoms with Gasteiger partial charge in [0.25, 0.3) is 5.91 Å². The number of unbranched alkanes of at least 4 members (excludes halogenated alkanes) is 1. The van der Waals surface area contributed by atoms with Gasteiger partial charge in [-0.3, -0.25) is 43.2 Å². The van der Waals surface area contributed by atoms with Gasteiger partial charge in [-0.25, -0.2) is 4.79 Å². The van der Waals surface area contributed by atoms with Crippen LogP contribution in [0.5, 0.6) is 0 Å². The molecule has 0 radical (unpaired) electrons. The number of carboxylic acids is 1. The zero-order valence-corrected chi connectivity index (χ0v) is 37.6. The molecular formula is C43H62N10O14. The molecule has 9 amide bonds. The van der Waals surface area contributed by atoms with Gasteiger partial charge in [-0.2, -0.15) is 0 Å². The third kappa shape index (κ3) is 19.5. The Kier molecular flexibility index (Phi) is 23.5. The van der Waals surface area contributed by atoms with E-state index in [1.165, 1.54) is 6.92 Å². The largest absolute Gasteiger partial charge is 0.480 e. The third-order valence-corrected chi connectivity index (χ3v) is 9.94. The molecular weight excluding hydrogens is 881 g/mol. The van der Waals surface area contributed by atoms with Crippen LogP contribution >= 0.6 is 0 Å². The lowest BCUT2D eigenvalue weighted by Crippen LogP contribution is -2.60. The van der Waals surface area contributed by atoms with Crippen molar-refractivity contribution in [3.63, 3.8) is 0 Å². The van der Waals surface area contributed by atoms with E-state index in [4.69, 9.17) is 11.5 Å². The highest BCUT2D eigenvalue weighted by Crippen LogP contribution is 2.19. The molecule has 0 aliphatic rings. The molecule has 368 valence electrons. The molecule has 0 saturated carbocycles. The minimum atomic E-state index is -1.75. The molecule has 0 aliphatic heterocycles. The SMILES string of the molecule is C[C@H](NC(=O)c1ccc(-c2ccccc2)cc1)C(=O)N[C@@H](CCC(N)=O)C(=O)N[C@H](C(=O)NCC(=O)N[C@H](C(=O)NCC(=O)N[C@@H](CCCCN)C(=O)N[C@H](C(=O)O)[C@@H](C)O)[C@@H](C)O)[C@@H](C)O. The molecule has 0 aliphatic carbocycles. The van der Waals surface area contributed by atoms with E-state index in [9.17, 15) is 68.4 Å². The normalized spacial score (nSPS) is 14.9. The number of aliphatic hydroxyl groups is 3. The fraction of sp³-hybridized carbons (Fsp3) is 0.488. The maximum atomic E-state index is 13.4. The molecule has 0 heterocycles. The number of rotatable bonds is 28. The van der Waals surface area contributed by atoms with Crippen LogP contribution in [0.15, 0.2) is 54.6 Å². The zero-order valence-electron chi connectivity index (χ0n) is 37.6. The summed E-state index contributed by atoms with van der Waals surface area (Å²) in [6, 6.07) is 6.89. The summed E-state index contributed by atoms with van der Waals surface area (Å²) in [6.07, 6.45) is -4.57. The number of hydrogen-bond acceptors (Lipinski definition) is 14. The van der Waals surface area contributed by atoms with E-state index < -0.39 is 133 Å². The van der Waals surface area contributed by atoms with Crippen LogP contribution in [0.2, 0.25) is 0 Å². The first-order chi connectivity index (χ1) is 31.5. The third-order valence-electron chi connectivity index (χ3n) is 9.94. The van der Waals surface area contributed by atoms with Gasteiger partial charge < -0.3 is 74.4 Å². The second-order valence-corrected chi connectivity index (χ2v) is 15.6. The lowest BCUT2D eigenvalue weighted by molar-refractivity contribution is -0.145. The predicted molar refractivity (Wildman–Crippen MR) is 238 cm³/mol. The Bertz CT molecular complexity index is 2030. The van der Waals surface area contributed by atoms with Crippen molar-refractivity contribution in [3.8, 4) is 11.1 Å². The van der Waals surface area contributed by atoms with Gasteiger partial charge in [-0.05, 0) is 83.2 Å². The van der Waals surface area contributed by atoms with Gasteiger partial charge in [0.15, 0.2) is 6.04 Å². The van der Waals surface area contributed by atoms with Gasteiger partial charge in [0.1, 0.15) is 30.2 Å². The number of carboxylic acid groups (broad SMARTS) is 1. The number of primary amides is 1. The van der Waals surface area contributed by atoms with Crippen LogP contribution in [0.3, 0.4) is 0 Å². The highest BCUT2D eigenvalue weighted by atomic mass is 16.4. The van der Waals surface area contributed by atoms with Crippen molar-refractivity contribution in [3.05, 3.63) is 60.2 Å². The molecule has 0 bridgehead atoms. The van der Waals surface area contributed by atoms with Crippen molar-refractivity contribution >= 4 is 59.1 Å². The lowest BCUT2D eigenvalue weighted by atomic mass is 10.0. The van der Waals surface area contributed by atoms with E-state index in [1.807, 2.05) is 30.3 Å². The average Bonchev–Trinajstić information content (AvgIpc) is 3.28. The van der Waals surface area contributed by atoms with Crippen LogP contribution in [0.4, 0.5) is 0 Å². The van der Waals surface area contributed by atoms with Crippen molar-refractivity contribution in [1.82, 2.24) is 42.5 Å². The maximum Gasteiger partial charge on any atom is 0.328 e. The minimum Gasteiger partial charge on any atom is -0.480 e. The van der Waals surface area contributed by atoms with Crippen molar-refractivity contribution in [2.45, 2.75) is 114 Å². The van der Waals surface area contributed by atoms with Crippen molar-refractivity contribution in [2.24, 2.45) is 11.5 Å². The zero-order chi connectivity index (χ0) is 50.4. The Balaban J connectivity index is 2.02. The standard InChI is InChI=1S/C43H62N10O14/c1-22(48-38(61)28-15-13-27(14-16-28)26-10-6-5-7-11-26)37(60)50-30(17-18-31(45)57)40(63)52-35(24(3)55)42(65)47-21-33(59)51-34(23(2)54)41(64)46-20-32(58)49-29(12-8-9-19-44)39(62)53-36(25(4)56)43(66)67/h5-7,10-11,13-16,22-25,29-30,34-36,54-56H,8-9,12,17-21,44H2,1-4H3,(H2,45,57)(H,46,64)(H,47,65)(H,48,61)(H,49,58)(H,50,60)(H,51,59)(H,52,63)(H,53,62)(H,66,67)/t22-,23+,24+,25+,29-,30-,34-,35-,36-/m0/s1. The van der Waals surface area contributed by atoms with Gasteiger partial charge in [0, 0.05) is 12.0 Å². The second kappa shape index (κ2) is 28.1. The molecule has 0 fully saturated rings. The number of amides is 9.